The van der Waals surface area contributed by atoms with Crippen molar-refractivity contribution in [1.29, 1.82) is 0 Å². The largest absolute Gasteiger partial charge is 0.490 e. The van der Waals surface area contributed by atoms with Gasteiger partial charge in [-0.2, -0.15) is 0 Å². The summed E-state index contributed by atoms with van der Waals surface area (Å²) in [6.07, 6.45) is 7.16. The summed E-state index contributed by atoms with van der Waals surface area (Å²) in [5.41, 5.74) is 2.10. The first-order valence-corrected chi connectivity index (χ1v) is 15.9. The minimum atomic E-state index is -0.428. The molecule has 2 aromatic rings. The monoisotopic (exact) mass is 611 g/mol. The highest BCUT2D eigenvalue weighted by atomic mass is 16.5. The molecule has 1 aromatic heterocycles. The summed E-state index contributed by atoms with van der Waals surface area (Å²) in [5.74, 6) is 0.126. The molecule has 0 spiro atoms. The number of aromatic nitrogens is 1. The van der Waals surface area contributed by atoms with E-state index in [-0.39, 0.29) is 36.5 Å². The van der Waals surface area contributed by atoms with Gasteiger partial charge in [0.05, 0.1) is 30.4 Å². The maximum absolute atomic E-state index is 14.3. The van der Waals surface area contributed by atoms with Gasteiger partial charge < -0.3 is 29.7 Å². The van der Waals surface area contributed by atoms with Crippen LogP contribution in [0.3, 0.4) is 0 Å². The number of anilines is 1. The molecule has 0 unspecified atom stereocenters. The summed E-state index contributed by atoms with van der Waals surface area (Å²) in [4.78, 5) is 37.1. The summed E-state index contributed by atoms with van der Waals surface area (Å²) in [7, 11) is 6.04. The Morgan fingerprint density at radius 1 is 1.16 bits per heavy atom. The lowest BCUT2D eigenvalue weighted by molar-refractivity contribution is -0.116. The van der Waals surface area contributed by atoms with Crippen LogP contribution in [-0.2, 0) is 16.1 Å². The Balaban J connectivity index is 1.87. The Bertz CT molecular complexity index is 1160. The van der Waals surface area contributed by atoms with Crippen molar-refractivity contribution in [2.45, 2.75) is 77.7 Å². The number of hydrogen-bond acceptors (Lipinski definition) is 8. The number of benzene rings is 1. The number of nitrogens with zero attached hydrogens (tertiary/aromatic N) is 4. The predicted molar refractivity (Wildman–Crippen MR) is 174 cm³/mol. The molecule has 1 aliphatic rings. The third-order valence-electron chi connectivity index (χ3n) is 8.04. The van der Waals surface area contributed by atoms with E-state index in [0.717, 1.165) is 38.8 Å². The Morgan fingerprint density at radius 2 is 1.91 bits per heavy atom. The highest BCUT2D eigenvalue weighted by Crippen LogP contribution is 2.28. The molecule has 0 fully saturated rings. The second kappa shape index (κ2) is 18.0. The number of rotatable bonds is 11. The minimum Gasteiger partial charge on any atom is -0.490 e. The van der Waals surface area contributed by atoms with Crippen molar-refractivity contribution in [3.8, 4) is 5.75 Å². The zero-order valence-electron chi connectivity index (χ0n) is 27.5. The fourth-order valence-corrected chi connectivity index (χ4v) is 5.41. The molecule has 4 atom stereocenters. The van der Waals surface area contributed by atoms with Crippen molar-refractivity contribution in [3.63, 3.8) is 0 Å². The van der Waals surface area contributed by atoms with Crippen molar-refractivity contribution >= 4 is 17.5 Å². The van der Waals surface area contributed by atoms with E-state index >= 15 is 0 Å². The smallest absolute Gasteiger partial charge is 0.258 e. The van der Waals surface area contributed by atoms with Crippen LogP contribution in [0.5, 0.6) is 5.75 Å². The fourth-order valence-electron chi connectivity index (χ4n) is 5.41. The van der Waals surface area contributed by atoms with Crippen LogP contribution in [0.1, 0.15) is 68.8 Å². The SMILES string of the molecule is C[C@@H]1CN([C@@H](C)CO)C(=O)c2cc(NC(=O)CCCN(C)C)ccc2O[C@@H](C)CCCCO[C@@H]1CN(C)Cc1ccncc1. The molecule has 10 heteroatoms. The average molecular weight is 612 g/mol. The fraction of sp³-hybridized carbons (Fsp3) is 0.618. The van der Waals surface area contributed by atoms with Gasteiger partial charge in [0.25, 0.3) is 5.91 Å². The van der Waals surface area contributed by atoms with Gasteiger partial charge in [0, 0.05) is 56.7 Å². The van der Waals surface area contributed by atoms with Crippen LogP contribution in [0.2, 0.25) is 0 Å². The van der Waals surface area contributed by atoms with Gasteiger partial charge in [-0.05, 0) is 103 Å². The summed E-state index contributed by atoms with van der Waals surface area (Å²) in [6, 6.07) is 8.87. The molecule has 10 nitrogen and oxygen atoms in total. The number of aliphatic hydroxyl groups is 1. The molecule has 44 heavy (non-hydrogen) atoms. The number of ether oxygens (including phenoxy) is 2. The van der Waals surface area contributed by atoms with E-state index in [4.69, 9.17) is 9.47 Å². The molecule has 2 heterocycles. The molecule has 0 saturated heterocycles. The van der Waals surface area contributed by atoms with E-state index in [1.807, 2.05) is 45.0 Å². The molecule has 0 radical (unpaired) electrons. The van der Waals surface area contributed by atoms with Gasteiger partial charge >= 0.3 is 0 Å². The standard InChI is InChI=1S/C34H53N5O5/c1-25-21-39(26(2)24-40)34(42)30-20-29(36-33(41)11-9-18-37(4)5)12-13-31(30)44-27(3)10-7-8-19-43-32(25)23-38(6)22-28-14-16-35-17-15-28/h12-17,20,25-27,32,40H,7-11,18-19,21-24H2,1-6H3,(H,36,41)/t25-,26+,27+,32-/m1/s1. The molecule has 0 saturated carbocycles. The van der Waals surface area contributed by atoms with Gasteiger partial charge in [-0.15, -0.1) is 0 Å². The van der Waals surface area contributed by atoms with Crippen LogP contribution in [0, 0.1) is 5.92 Å². The molecule has 1 aliphatic heterocycles. The minimum absolute atomic E-state index is 0.0151. The zero-order chi connectivity index (χ0) is 32.1. The highest BCUT2D eigenvalue weighted by Gasteiger charge is 2.30. The lowest BCUT2D eigenvalue weighted by Gasteiger charge is -2.36. The molecule has 244 valence electrons. The van der Waals surface area contributed by atoms with Gasteiger partial charge in [0.15, 0.2) is 0 Å². The number of amides is 2. The van der Waals surface area contributed by atoms with E-state index in [9.17, 15) is 14.7 Å². The van der Waals surface area contributed by atoms with E-state index in [2.05, 4.69) is 29.2 Å². The Kier molecular flexibility index (Phi) is 14.5. The number of carbonyl (C=O) groups excluding carboxylic acids is 2. The maximum Gasteiger partial charge on any atom is 0.258 e. The van der Waals surface area contributed by atoms with Gasteiger partial charge in [-0.25, -0.2) is 0 Å². The van der Waals surface area contributed by atoms with E-state index in [1.54, 1.807) is 35.5 Å². The quantitative estimate of drug-likeness (QED) is 0.388. The maximum atomic E-state index is 14.3. The van der Waals surface area contributed by atoms with Crippen molar-refractivity contribution in [3.05, 3.63) is 53.9 Å². The molecular weight excluding hydrogens is 558 g/mol. The van der Waals surface area contributed by atoms with Crippen molar-refractivity contribution in [2.75, 3.05) is 59.3 Å². The number of hydrogen-bond donors (Lipinski definition) is 2. The van der Waals surface area contributed by atoms with E-state index < -0.39 is 6.04 Å². The lowest BCUT2D eigenvalue weighted by Crippen LogP contribution is -2.47. The first-order valence-electron chi connectivity index (χ1n) is 15.9. The zero-order valence-corrected chi connectivity index (χ0v) is 27.5. The number of aliphatic hydroxyl groups excluding tert-OH is 1. The first-order chi connectivity index (χ1) is 21.1. The number of pyridine rings is 1. The van der Waals surface area contributed by atoms with Crippen LogP contribution in [0.15, 0.2) is 42.7 Å². The lowest BCUT2D eigenvalue weighted by atomic mass is 10.0. The third-order valence-corrected chi connectivity index (χ3v) is 8.04. The average Bonchev–Trinajstić information content (AvgIpc) is 2.98. The first kappa shape index (κ1) is 35.4. The van der Waals surface area contributed by atoms with Crippen LogP contribution in [0.25, 0.3) is 0 Å². The van der Waals surface area contributed by atoms with Gasteiger partial charge in [-0.1, -0.05) is 6.92 Å². The number of fused-ring (bicyclic) bond motifs is 1. The Hall–Kier alpha value is -3.05. The summed E-state index contributed by atoms with van der Waals surface area (Å²) < 4.78 is 12.8. The van der Waals surface area contributed by atoms with Gasteiger partial charge in [0.2, 0.25) is 5.91 Å². The van der Waals surface area contributed by atoms with E-state index in [0.29, 0.717) is 43.1 Å². The molecule has 0 aliphatic carbocycles. The second-order valence-electron chi connectivity index (χ2n) is 12.5. The molecule has 1 aromatic carbocycles. The van der Waals surface area contributed by atoms with Crippen LogP contribution < -0.4 is 10.1 Å². The van der Waals surface area contributed by atoms with Crippen LogP contribution in [-0.4, -0.2) is 109 Å². The molecule has 0 bridgehead atoms. The number of likely N-dealkylation sites (N-methyl/N-ethyl adjacent to an activating group) is 1. The summed E-state index contributed by atoms with van der Waals surface area (Å²) >= 11 is 0. The molecule has 3 rings (SSSR count). The second-order valence-corrected chi connectivity index (χ2v) is 12.5. The van der Waals surface area contributed by atoms with E-state index in [1.165, 1.54) is 5.56 Å². The molecular formula is C34H53N5O5. The summed E-state index contributed by atoms with van der Waals surface area (Å²) in [6.45, 7) is 9.07. The van der Waals surface area contributed by atoms with Gasteiger partial charge in [0.1, 0.15) is 5.75 Å². The summed E-state index contributed by atoms with van der Waals surface area (Å²) in [5, 5.41) is 13.1. The molecule has 2 N–H and O–H groups in total. The Morgan fingerprint density at radius 3 is 2.61 bits per heavy atom. The van der Waals surface area contributed by atoms with Crippen molar-refractivity contribution in [2.24, 2.45) is 5.92 Å². The van der Waals surface area contributed by atoms with Gasteiger partial charge in [-0.3, -0.25) is 19.5 Å². The van der Waals surface area contributed by atoms with Crippen LogP contribution >= 0.6 is 0 Å². The Labute approximate surface area is 263 Å². The van der Waals surface area contributed by atoms with Crippen molar-refractivity contribution in [1.82, 2.24) is 19.7 Å². The predicted octanol–water partition coefficient (Wildman–Crippen LogP) is 4.29. The number of carbonyl (C=O) groups is 2. The normalized spacial score (nSPS) is 21.0. The van der Waals surface area contributed by atoms with Crippen LogP contribution in [0.4, 0.5) is 5.69 Å². The van der Waals surface area contributed by atoms with Crippen molar-refractivity contribution < 1.29 is 24.2 Å². The number of nitrogens with one attached hydrogen (secondary N) is 1. The third kappa shape index (κ3) is 11.5. The topological polar surface area (TPSA) is 107 Å². The molecule has 2 amide bonds. The highest BCUT2D eigenvalue weighted by molar-refractivity contribution is 5.99.